The normalized spacial score (nSPS) is 19.5. The van der Waals surface area contributed by atoms with Crippen LogP contribution in [0.15, 0.2) is 49.6 Å². The quantitative estimate of drug-likeness (QED) is 0.0964. The Labute approximate surface area is 328 Å². The minimum Gasteiger partial charge on any atom is -0.507 e. The Bertz CT molecular complexity index is 1680. The number of aryl methyl sites for hydroxylation is 4. The Morgan fingerprint density at radius 2 is 1.00 bits per heavy atom. The zero-order chi connectivity index (χ0) is 41.5. The van der Waals surface area contributed by atoms with Gasteiger partial charge in [0.05, 0.1) is 12.7 Å². The van der Waals surface area contributed by atoms with Crippen LogP contribution >= 0.6 is 0 Å². The minimum absolute atomic E-state index is 0.152. The van der Waals surface area contributed by atoms with E-state index in [0.29, 0.717) is 47.9 Å². The smallest absolute Gasteiger partial charge is 0.315 e. The molecule has 0 unspecified atom stereocenters. The van der Waals surface area contributed by atoms with Gasteiger partial charge in [0, 0.05) is 35.0 Å². The van der Waals surface area contributed by atoms with Gasteiger partial charge in [-0.15, -0.1) is 0 Å². The monoisotopic (exact) mass is 760 g/mol. The lowest BCUT2D eigenvalue weighted by molar-refractivity contribution is -0.349. The molecule has 302 valence electrons. The van der Waals surface area contributed by atoms with Crippen LogP contribution in [-0.4, -0.2) is 78.8 Å². The van der Waals surface area contributed by atoms with E-state index in [9.17, 15) is 19.8 Å². The number of aromatic hydroxyl groups is 2. The molecule has 2 N–H and O–H groups in total. The minimum atomic E-state index is -1.33. The molecule has 2 fully saturated rings. The number of phenols is 2. The van der Waals surface area contributed by atoms with Crippen LogP contribution in [0.3, 0.4) is 0 Å². The van der Waals surface area contributed by atoms with E-state index in [-0.39, 0.29) is 42.8 Å². The van der Waals surface area contributed by atoms with Gasteiger partial charge in [0.15, 0.2) is 0 Å². The van der Waals surface area contributed by atoms with E-state index in [2.05, 4.69) is 13.2 Å². The van der Waals surface area contributed by atoms with Gasteiger partial charge in [0.1, 0.15) is 23.0 Å². The number of likely N-dealkylation sites (tertiary alicyclic amines) is 2. The van der Waals surface area contributed by atoms with E-state index in [1.165, 1.54) is 12.2 Å². The highest BCUT2D eigenvalue weighted by Crippen LogP contribution is 2.43. The number of piperidine rings is 2. The lowest BCUT2D eigenvalue weighted by atomic mass is 9.75. The molecule has 0 radical (unpaired) electrons. The molecule has 0 bridgehead atoms. The van der Waals surface area contributed by atoms with E-state index >= 15 is 4.79 Å². The molecule has 10 nitrogen and oxygen atoms in total. The Morgan fingerprint density at radius 3 is 1.33 bits per heavy atom. The summed E-state index contributed by atoms with van der Waals surface area (Å²) < 4.78 is 6.57. The molecule has 2 aliphatic heterocycles. The van der Waals surface area contributed by atoms with Crippen molar-refractivity contribution in [2.24, 2.45) is 5.41 Å². The highest BCUT2D eigenvalue weighted by molar-refractivity contribution is 5.89. The van der Waals surface area contributed by atoms with Crippen LogP contribution in [0.5, 0.6) is 11.5 Å². The molecular weight excluding hydrogens is 697 g/mol. The maximum absolute atomic E-state index is 15.1. The molecule has 55 heavy (non-hydrogen) atoms. The molecule has 0 atom stereocenters. The van der Waals surface area contributed by atoms with Gasteiger partial charge >= 0.3 is 5.97 Å². The highest BCUT2D eigenvalue weighted by Gasteiger charge is 2.51. The summed E-state index contributed by atoms with van der Waals surface area (Å²) in [4.78, 5) is 57.3. The van der Waals surface area contributed by atoms with Crippen molar-refractivity contribution in [1.29, 1.82) is 0 Å². The third-order valence-corrected chi connectivity index (χ3v) is 11.6. The average molecular weight is 761 g/mol. The molecule has 2 aliphatic rings. The van der Waals surface area contributed by atoms with E-state index in [4.69, 9.17) is 14.5 Å². The summed E-state index contributed by atoms with van der Waals surface area (Å²) in [5.74, 6) is -0.422. The number of carbonyl (C=O) groups is 3. The fourth-order valence-electron chi connectivity index (χ4n) is 9.87. The molecule has 2 aromatic carbocycles. The topological polar surface area (TPSA) is 126 Å². The molecular formula is C45H64N2O8. The Balaban J connectivity index is 1.78. The number of ether oxygens (including phenoxy) is 1. The van der Waals surface area contributed by atoms with Gasteiger partial charge < -0.3 is 24.7 Å². The van der Waals surface area contributed by atoms with Crippen molar-refractivity contribution in [2.75, 3.05) is 6.61 Å². The standard InChI is InChI=1S/C45H64N2O8/c1-15-36(48)46-41(7,8)23-34(24-42(46,9)10)54-40(52)45(21-32-17-28(3)38(50)29(4)18-32,22-33-19-30(5)39(51)31(6)20-33)27-53-55-35-25-43(11,12)47(37(49)16-2)44(13,14)26-35/h15-20,34-35,50-51H,1-2,21-27H2,3-14H3. The number of hydrogen-bond donors (Lipinski definition) is 2. The van der Waals surface area contributed by atoms with Gasteiger partial charge in [-0.2, -0.15) is 0 Å². The first-order valence-electron chi connectivity index (χ1n) is 19.3. The van der Waals surface area contributed by atoms with Crippen LogP contribution in [0.4, 0.5) is 0 Å². The summed E-state index contributed by atoms with van der Waals surface area (Å²) in [6.07, 6.45) is 3.95. The van der Waals surface area contributed by atoms with Crippen LogP contribution in [0.25, 0.3) is 0 Å². The zero-order valence-electron chi connectivity index (χ0n) is 35.2. The van der Waals surface area contributed by atoms with Gasteiger partial charge in [-0.1, -0.05) is 37.4 Å². The molecule has 10 heteroatoms. The average Bonchev–Trinajstić information content (AvgIpc) is 3.03. The first kappa shape index (κ1) is 43.6. The predicted molar refractivity (Wildman–Crippen MR) is 215 cm³/mol. The van der Waals surface area contributed by atoms with Gasteiger partial charge in [0.2, 0.25) is 11.8 Å². The van der Waals surface area contributed by atoms with Crippen molar-refractivity contribution in [2.45, 2.75) is 156 Å². The third kappa shape index (κ3) is 9.29. The summed E-state index contributed by atoms with van der Waals surface area (Å²) in [6, 6.07) is 7.51. The lowest BCUT2D eigenvalue weighted by Crippen LogP contribution is -2.64. The van der Waals surface area contributed by atoms with Crippen LogP contribution in [0, 0.1) is 33.1 Å². The van der Waals surface area contributed by atoms with Crippen LogP contribution in [0.2, 0.25) is 0 Å². The predicted octanol–water partition coefficient (Wildman–Crippen LogP) is 8.06. The highest BCUT2D eigenvalue weighted by atomic mass is 17.2. The number of phenolic OH excluding ortho intramolecular Hbond substituents is 2. The molecule has 2 saturated heterocycles. The number of hydrogen-bond acceptors (Lipinski definition) is 8. The van der Waals surface area contributed by atoms with Gasteiger partial charge in [0.25, 0.3) is 0 Å². The number of benzene rings is 2. The molecule has 2 heterocycles. The van der Waals surface area contributed by atoms with Crippen molar-refractivity contribution in [3.05, 3.63) is 83.0 Å². The van der Waals surface area contributed by atoms with Crippen molar-refractivity contribution >= 4 is 17.8 Å². The van der Waals surface area contributed by atoms with Crippen molar-refractivity contribution in [3.63, 3.8) is 0 Å². The maximum atomic E-state index is 15.1. The lowest BCUT2D eigenvalue weighted by Gasteiger charge is -2.54. The second kappa shape index (κ2) is 15.8. The van der Waals surface area contributed by atoms with Gasteiger partial charge in [-0.25, -0.2) is 9.78 Å². The van der Waals surface area contributed by atoms with Crippen LogP contribution in [0.1, 0.15) is 114 Å². The van der Waals surface area contributed by atoms with Gasteiger partial charge in [-0.05, 0) is 154 Å². The molecule has 0 saturated carbocycles. The SMILES string of the molecule is C=CC(=O)N1C(C)(C)CC(OOCC(Cc2cc(C)c(O)c(C)c2)(Cc2cc(C)c(O)c(C)c2)C(=O)OC2CC(C)(C)N(C(=O)C=C)C(C)(C)C2)CC1(C)C. The summed E-state index contributed by atoms with van der Waals surface area (Å²) in [6.45, 7) is 30.4. The molecule has 4 rings (SSSR count). The summed E-state index contributed by atoms with van der Waals surface area (Å²) in [7, 11) is 0. The largest absolute Gasteiger partial charge is 0.507 e. The van der Waals surface area contributed by atoms with Crippen molar-refractivity contribution < 1.29 is 39.1 Å². The molecule has 0 spiro atoms. The first-order valence-corrected chi connectivity index (χ1v) is 19.3. The summed E-state index contributed by atoms with van der Waals surface area (Å²) in [5, 5.41) is 21.3. The van der Waals surface area contributed by atoms with Crippen molar-refractivity contribution in [3.8, 4) is 11.5 Å². The second-order valence-electron chi connectivity index (χ2n) is 18.6. The van der Waals surface area contributed by atoms with Gasteiger partial charge in [-0.3, -0.25) is 14.4 Å². The molecule has 2 aromatic rings. The van der Waals surface area contributed by atoms with E-state index in [1.807, 2.05) is 117 Å². The van der Waals surface area contributed by atoms with E-state index < -0.39 is 45.7 Å². The Hall–Kier alpha value is -4.15. The van der Waals surface area contributed by atoms with Crippen LogP contribution in [-0.2, 0) is 41.7 Å². The van der Waals surface area contributed by atoms with Crippen molar-refractivity contribution in [1.82, 2.24) is 9.80 Å². The summed E-state index contributed by atoms with van der Waals surface area (Å²) >= 11 is 0. The zero-order valence-corrected chi connectivity index (χ0v) is 35.2. The number of rotatable bonds is 12. The first-order chi connectivity index (χ1) is 25.3. The third-order valence-electron chi connectivity index (χ3n) is 11.6. The second-order valence-corrected chi connectivity index (χ2v) is 18.6. The maximum Gasteiger partial charge on any atom is 0.315 e. The molecule has 0 aromatic heterocycles. The number of nitrogens with zero attached hydrogens (tertiary/aromatic N) is 2. The Morgan fingerprint density at radius 1 is 0.673 bits per heavy atom. The van der Waals surface area contributed by atoms with E-state index in [0.717, 1.165) is 11.1 Å². The molecule has 0 aliphatic carbocycles. The fourth-order valence-corrected chi connectivity index (χ4v) is 9.87. The number of amides is 2. The van der Waals surface area contributed by atoms with Crippen LogP contribution < -0.4 is 0 Å². The fraction of sp³-hybridized carbons (Fsp3) is 0.578. The Kier molecular flexibility index (Phi) is 12.5. The number of esters is 1. The van der Waals surface area contributed by atoms with E-state index in [1.54, 1.807) is 0 Å². The number of carbonyl (C=O) groups excluding carboxylic acids is 3. The summed E-state index contributed by atoms with van der Waals surface area (Å²) in [5.41, 5.74) is 0.586. The molecule has 2 amide bonds.